The smallest absolute Gasteiger partial charge is 0.118 e. The molecule has 0 fully saturated rings. The van der Waals surface area contributed by atoms with Crippen LogP contribution in [0.5, 0.6) is 5.75 Å². The van der Waals surface area contributed by atoms with Gasteiger partial charge in [0.2, 0.25) is 0 Å². The molecule has 1 heteroatoms. The van der Waals surface area contributed by atoms with Gasteiger partial charge in [0, 0.05) is 5.41 Å². The van der Waals surface area contributed by atoms with Gasteiger partial charge in [0.05, 0.1) is 7.11 Å². The molecule has 0 aliphatic heterocycles. The summed E-state index contributed by atoms with van der Waals surface area (Å²) in [6.07, 6.45) is 0. The van der Waals surface area contributed by atoms with Crippen LogP contribution in [-0.4, -0.2) is 7.11 Å². The molecular weight excluding hydrogens is 256 g/mol. The van der Waals surface area contributed by atoms with E-state index in [1.54, 1.807) is 7.11 Å². The minimum absolute atomic E-state index is 0.0112. The van der Waals surface area contributed by atoms with Crippen LogP contribution < -0.4 is 4.74 Å². The summed E-state index contributed by atoms with van der Waals surface area (Å²) in [4.78, 5) is 0. The van der Waals surface area contributed by atoms with Crippen LogP contribution in [0.15, 0.2) is 48.5 Å². The first-order valence-corrected chi connectivity index (χ1v) is 7.51. The van der Waals surface area contributed by atoms with Crippen molar-refractivity contribution >= 4 is 0 Å². The van der Waals surface area contributed by atoms with E-state index >= 15 is 0 Å². The van der Waals surface area contributed by atoms with Crippen LogP contribution in [0.2, 0.25) is 0 Å². The molecular formula is C20H26O. The van der Waals surface area contributed by atoms with Crippen molar-refractivity contribution in [2.75, 3.05) is 7.11 Å². The molecule has 0 N–H and O–H groups in total. The molecule has 0 heterocycles. The van der Waals surface area contributed by atoms with Gasteiger partial charge in [-0.2, -0.15) is 0 Å². The lowest BCUT2D eigenvalue weighted by atomic mass is 9.77. The summed E-state index contributed by atoms with van der Waals surface area (Å²) in [7, 11) is 1.70. The molecule has 0 aliphatic carbocycles. The van der Waals surface area contributed by atoms with E-state index in [1.165, 1.54) is 16.7 Å². The molecule has 1 nitrogen and oxygen atoms in total. The Morgan fingerprint density at radius 3 is 1.38 bits per heavy atom. The quantitative estimate of drug-likeness (QED) is 0.740. The van der Waals surface area contributed by atoms with Gasteiger partial charge in [-0.25, -0.2) is 0 Å². The second-order valence-electron chi connectivity index (χ2n) is 7.18. The zero-order valence-corrected chi connectivity index (χ0v) is 14.0. The van der Waals surface area contributed by atoms with E-state index in [1.807, 2.05) is 12.1 Å². The fraction of sp³-hybridized carbons (Fsp3) is 0.400. The van der Waals surface area contributed by atoms with Crippen LogP contribution >= 0.6 is 0 Å². The van der Waals surface area contributed by atoms with Crippen LogP contribution in [0.1, 0.15) is 51.3 Å². The summed E-state index contributed by atoms with van der Waals surface area (Å²) in [5.74, 6) is 0.901. The normalized spacial score (nSPS) is 12.3. The van der Waals surface area contributed by atoms with Crippen LogP contribution in [0.25, 0.3) is 0 Å². The van der Waals surface area contributed by atoms with Crippen molar-refractivity contribution in [3.8, 4) is 5.75 Å². The number of rotatable bonds is 3. The zero-order valence-electron chi connectivity index (χ0n) is 14.0. The molecule has 2 rings (SSSR count). The lowest BCUT2D eigenvalue weighted by molar-refractivity contribution is 0.414. The Kier molecular flexibility index (Phi) is 4.13. The first-order chi connectivity index (χ1) is 9.75. The van der Waals surface area contributed by atoms with Crippen molar-refractivity contribution in [2.24, 2.45) is 0 Å². The molecule has 0 amide bonds. The van der Waals surface area contributed by atoms with E-state index in [9.17, 15) is 0 Å². The SMILES string of the molecule is COc1ccc(C(C)(C)c2ccc(C(C)(C)C)cc2)cc1. The number of methoxy groups -OCH3 is 1. The predicted octanol–water partition coefficient (Wildman–Crippen LogP) is 5.32. The second-order valence-corrected chi connectivity index (χ2v) is 7.18. The van der Waals surface area contributed by atoms with Crippen molar-refractivity contribution in [3.63, 3.8) is 0 Å². The molecule has 112 valence electrons. The highest BCUT2D eigenvalue weighted by atomic mass is 16.5. The molecule has 0 aromatic heterocycles. The highest BCUT2D eigenvalue weighted by Gasteiger charge is 2.23. The second kappa shape index (κ2) is 5.55. The van der Waals surface area contributed by atoms with Crippen molar-refractivity contribution < 1.29 is 4.74 Å². The largest absolute Gasteiger partial charge is 0.497 e. The van der Waals surface area contributed by atoms with E-state index in [0.717, 1.165) is 5.75 Å². The Hall–Kier alpha value is -1.76. The predicted molar refractivity (Wildman–Crippen MR) is 90.3 cm³/mol. The van der Waals surface area contributed by atoms with Crippen molar-refractivity contribution in [1.82, 2.24) is 0 Å². The summed E-state index contributed by atoms with van der Waals surface area (Å²) in [6.45, 7) is 11.3. The Balaban J connectivity index is 2.34. The first kappa shape index (κ1) is 15.6. The number of ether oxygens (including phenoxy) is 1. The lowest BCUT2D eigenvalue weighted by Crippen LogP contribution is -2.19. The maximum Gasteiger partial charge on any atom is 0.118 e. The molecule has 21 heavy (non-hydrogen) atoms. The summed E-state index contributed by atoms with van der Waals surface area (Å²) in [5, 5.41) is 0. The first-order valence-electron chi connectivity index (χ1n) is 7.51. The van der Waals surface area contributed by atoms with Gasteiger partial charge in [0.1, 0.15) is 5.75 Å². The van der Waals surface area contributed by atoms with E-state index in [2.05, 4.69) is 71.0 Å². The van der Waals surface area contributed by atoms with Gasteiger partial charge in [-0.1, -0.05) is 71.0 Å². The average molecular weight is 282 g/mol. The molecule has 0 saturated heterocycles. The average Bonchev–Trinajstić information content (AvgIpc) is 2.46. The fourth-order valence-corrected chi connectivity index (χ4v) is 2.56. The third-order valence-corrected chi connectivity index (χ3v) is 4.28. The highest BCUT2D eigenvalue weighted by Crippen LogP contribution is 2.33. The van der Waals surface area contributed by atoms with Gasteiger partial charge in [-0.05, 0) is 34.2 Å². The standard InChI is InChI=1S/C20H26O/c1-19(2,3)15-7-9-16(10-8-15)20(4,5)17-11-13-18(21-6)14-12-17/h7-14H,1-6H3. The van der Waals surface area contributed by atoms with Crippen molar-refractivity contribution in [1.29, 1.82) is 0 Å². The Morgan fingerprint density at radius 1 is 0.619 bits per heavy atom. The molecule has 0 bridgehead atoms. The summed E-state index contributed by atoms with van der Waals surface area (Å²) < 4.78 is 5.24. The summed E-state index contributed by atoms with van der Waals surface area (Å²) >= 11 is 0. The molecule has 0 unspecified atom stereocenters. The highest BCUT2D eigenvalue weighted by molar-refractivity contribution is 5.41. The van der Waals surface area contributed by atoms with E-state index < -0.39 is 0 Å². The molecule has 2 aromatic carbocycles. The van der Waals surface area contributed by atoms with Crippen LogP contribution in [-0.2, 0) is 10.8 Å². The maximum atomic E-state index is 5.24. The molecule has 0 saturated carbocycles. The third-order valence-electron chi connectivity index (χ3n) is 4.28. The molecule has 2 aromatic rings. The van der Waals surface area contributed by atoms with Gasteiger partial charge in [-0.3, -0.25) is 0 Å². The Bertz CT molecular complexity index is 583. The maximum absolute atomic E-state index is 5.24. The van der Waals surface area contributed by atoms with Gasteiger partial charge in [0.15, 0.2) is 0 Å². The summed E-state index contributed by atoms with van der Waals surface area (Å²) in [6, 6.07) is 17.4. The Morgan fingerprint density at radius 2 is 1.00 bits per heavy atom. The van der Waals surface area contributed by atoms with Crippen molar-refractivity contribution in [3.05, 3.63) is 65.2 Å². The van der Waals surface area contributed by atoms with Crippen LogP contribution in [0, 0.1) is 0 Å². The lowest BCUT2D eigenvalue weighted by Gasteiger charge is -2.27. The molecule has 0 aliphatic rings. The van der Waals surface area contributed by atoms with Crippen LogP contribution in [0.4, 0.5) is 0 Å². The third kappa shape index (κ3) is 3.29. The van der Waals surface area contributed by atoms with E-state index in [-0.39, 0.29) is 10.8 Å². The van der Waals surface area contributed by atoms with E-state index in [0.29, 0.717) is 0 Å². The monoisotopic (exact) mass is 282 g/mol. The number of hydrogen-bond acceptors (Lipinski definition) is 1. The van der Waals surface area contributed by atoms with Gasteiger partial charge >= 0.3 is 0 Å². The van der Waals surface area contributed by atoms with Gasteiger partial charge < -0.3 is 4.74 Å². The Labute approximate surface area is 129 Å². The summed E-state index contributed by atoms with van der Waals surface area (Å²) in [5.41, 5.74) is 4.19. The minimum atomic E-state index is -0.0112. The molecule has 0 atom stereocenters. The zero-order chi connectivity index (χ0) is 15.7. The number of hydrogen-bond donors (Lipinski definition) is 0. The number of benzene rings is 2. The topological polar surface area (TPSA) is 9.23 Å². The van der Waals surface area contributed by atoms with Crippen LogP contribution in [0.3, 0.4) is 0 Å². The molecule has 0 spiro atoms. The van der Waals surface area contributed by atoms with Crippen molar-refractivity contribution in [2.45, 2.75) is 45.4 Å². The van der Waals surface area contributed by atoms with E-state index in [4.69, 9.17) is 4.74 Å². The van der Waals surface area contributed by atoms with Gasteiger partial charge in [0.25, 0.3) is 0 Å². The fourth-order valence-electron chi connectivity index (χ4n) is 2.56. The van der Waals surface area contributed by atoms with Gasteiger partial charge in [-0.15, -0.1) is 0 Å². The molecule has 0 radical (unpaired) electrons. The minimum Gasteiger partial charge on any atom is -0.497 e.